The molecule has 0 aliphatic heterocycles. The zero-order valence-corrected chi connectivity index (χ0v) is 13.1. The summed E-state index contributed by atoms with van der Waals surface area (Å²) in [5.74, 6) is 0.786. The third-order valence-corrected chi connectivity index (χ3v) is 3.69. The first-order valence-electron chi connectivity index (χ1n) is 5.48. The van der Waals surface area contributed by atoms with E-state index in [9.17, 15) is 10.1 Å². The van der Waals surface area contributed by atoms with Crippen molar-refractivity contribution >= 4 is 44.8 Å². The van der Waals surface area contributed by atoms with Gasteiger partial charge in [-0.15, -0.1) is 0 Å². The highest BCUT2D eigenvalue weighted by atomic mass is 79.9. The summed E-state index contributed by atoms with van der Waals surface area (Å²) >= 11 is 15.4. The van der Waals surface area contributed by atoms with Gasteiger partial charge in [-0.05, 0) is 6.07 Å². The van der Waals surface area contributed by atoms with E-state index < -0.39 is 4.92 Å². The summed E-state index contributed by atoms with van der Waals surface area (Å²) in [5.41, 5.74) is 0.735. The molecule has 4 nitrogen and oxygen atoms in total. The van der Waals surface area contributed by atoms with Crippen LogP contribution in [0, 0.1) is 10.1 Å². The normalized spacial score (nSPS) is 10.3. The van der Waals surface area contributed by atoms with Gasteiger partial charge in [-0.2, -0.15) is 0 Å². The zero-order valence-electron chi connectivity index (χ0n) is 9.98. The summed E-state index contributed by atoms with van der Waals surface area (Å²) in [7, 11) is 0. The average Bonchev–Trinajstić information content (AvgIpc) is 2.42. The Morgan fingerprint density at radius 1 is 1.20 bits per heavy atom. The Kier molecular flexibility index (Phi) is 4.86. The molecule has 2 rings (SSSR count). The lowest BCUT2D eigenvalue weighted by Gasteiger charge is -2.12. The van der Waals surface area contributed by atoms with E-state index in [4.69, 9.17) is 27.9 Å². The second-order valence-corrected chi connectivity index (χ2v) is 5.21. The number of alkyl halides is 1. The van der Waals surface area contributed by atoms with Gasteiger partial charge < -0.3 is 4.74 Å². The molecule has 0 aliphatic rings. The van der Waals surface area contributed by atoms with Crippen molar-refractivity contribution in [2.24, 2.45) is 0 Å². The SMILES string of the molecule is O=[N+]([O-])c1cc(Cl)c(Oc2ccccc2CBr)c(Cl)c1. The molecule has 2 aromatic carbocycles. The van der Waals surface area contributed by atoms with Crippen molar-refractivity contribution in [1.29, 1.82) is 0 Å². The Morgan fingerprint density at radius 3 is 2.35 bits per heavy atom. The number of halogens is 3. The number of nitrogens with zero attached hydrogens (tertiary/aromatic N) is 1. The maximum atomic E-state index is 10.7. The summed E-state index contributed by atoms with van der Waals surface area (Å²) in [4.78, 5) is 10.2. The van der Waals surface area contributed by atoms with Crippen LogP contribution in [0.3, 0.4) is 0 Å². The molecule has 0 amide bonds. The van der Waals surface area contributed by atoms with Crippen LogP contribution in [0.2, 0.25) is 10.0 Å². The van der Waals surface area contributed by atoms with Crippen LogP contribution in [0.25, 0.3) is 0 Å². The molecule has 0 bridgehead atoms. The van der Waals surface area contributed by atoms with Gasteiger partial charge >= 0.3 is 0 Å². The van der Waals surface area contributed by atoms with Crippen molar-refractivity contribution in [2.75, 3.05) is 0 Å². The molecule has 0 saturated carbocycles. The highest BCUT2D eigenvalue weighted by Gasteiger charge is 2.17. The van der Waals surface area contributed by atoms with Crippen LogP contribution in [0.15, 0.2) is 36.4 Å². The van der Waals surface area contributed by atoms with Gasteiger partial charge in [0.05, 0.1) is 15.0 Å². The molecule has 0 aromatic heterocycles. The molecule has 2 aromatic rings. The molecule has 0 saturated heterocycles. The minimum absolute atomic E-state index is 0.0913. The molecule has 0 spiro atoms. The number of para-hydroxylation sites is 1. The molecule has 20 heavy (non-hydrogen) atoms. The lowest BCUT2D eigenvalue weighted by atomic mass is 10.2. The standard InChI is InChI=1S/C13H8BrCl2NO3/c14-7-8-3-1-2-4-12(8)20-13-10(15)5-9(17(18)19)6-11(13)16/h1-6H,7H2. The van der Waals surface area contributed by atoms with Gasteiger partial charge in [-0.1, -0.05) is 57.3 Å². The van der Waals surface area contributed by atoms with E-state index in [1.807, 2.05) is 18.2 Å². The van der Waals surface area contributed by atoms with Crippen LogP contribution in [0.5, 0.6) is 11.5 Å². The van der Waals surface area contributed by atoms with Crippen LogP contribution < -0.4 is 4.74 Å². The summed E-state index contributed by atoms with van der Waals surface area (Å²) in [6.45, 7) is 0. The van der Waals surface area contributed by atoms with Gasteiger partial charge in [-0.3, -0.25) is 10.1 Å². The van der Waals surface area contributed by atoms with E-state index in [-0.39, 0.29) is 21.5 Å². The molecule has 0 radical (unpaired) electrons. The summed E-state index contributed by atoms with van der Waals surface area (Å²) in [6, 6.07) is 9.76. The van der Waals surface area contributed by atoms with Crippen LogP contribution in [-0.2, 0) is 5.33 Å². The summed E-state index contributed by atoms with van der Waals surface area (Å²) in [5, 5.41) is 11.5. The molecule has 7 heteroatoms. The molecule has 104 valence electrons. The molecule has 0 fully saturated rings. The van der Waals surface area contributed by atoms with Gasteiger partial charge in [-0.25, -0.2) is 0 Å². The van der Waals surface area contributed by atoms with E-state index in [1.54, 1.807) is 6.07 Å². The second kappa shape index (κ2) is 6.43. The van der Waals surface area contributed by atoms with Gasteiger partial charge in [0.25, 0.3) is 5.69 Å². The van der Waals surface area contributed by atoms with E-state index in [2.05, 4.69) is 15.9 Å². The van der Waals surface area contributed by atoms with Crippen molar-refractivity contribution < 1.29 is 9.66 Å². The third-order valence-electron chi connectivity index (χ3n) is 2.52. The maximum absolute atomic E-state index is 10.7. The first-order chi connectivity index (χ1) is 9.52. The quantitative estimate of drug-likeness (QED) is 0.397. The van der Waals surface area contributed by atoms with Gasteiger partial charge in [0.1, 0.15) is 5.75 Å². The smallest absolute Gasteiger partial charge is 0.272 e. The van der Waals surface area contributed by atoms with Gasteiger partial charge in [0.2, 0.25) is 0 Å². The molecule has 0 heterocycles. The molecule has 0 aliphatic carbocycles. The number of non-ortho nitro benzene ring substituents is 1. The molecular formula is C13H8BrCl2NO3. The van der Waals surface area contributed by atoms with E-state index in [0.717, 1.165) is 5.56 Å². The highest BCUT2D eigenvalue weighted by Crippen LogP contribution is 2.40. The number of nitro groups is 1. The number of benzene rings is 2. The first-order valence-corrected chi connectivity index (χ1v) is 7.36. The van der Waals surface area contributed by atoms with E-state index in [0.29, 0.717) is 11.1 Å². The Hall–Kier alpha value is -1.30. The topological polar surface area (TPSA) is 52.4 Å². The highest BCUT2D eigenvalue weighted by molar-refractivity contribution is 9.08. The Balaban J connectivity index is 2.41. The molecule has 0 N–H and O–H groups in total. The van der Waals surface area contributed by atoms with Crippen LogP contribution in [0.4, 0.5) is 5.69 Å². The first kappa shape index (κ1) is 15.1. The average molecular weight is 377 g/mol. The summed E-state index contributed by atoms with van der Waals surface area (Å²) < 4.78 is 5.68. The van der Waals surface area contributed by atoms with Gasteiger partial charge in [0, 0.05) is 23.0 Å². The lowest BCUT2D eigenvalue weighted by Crippen LogP contribution is -1.93. The minimum Gasteiger partial charge on any atom is -0.454 e. The van der Waals surface area contributed by atoms with Crippen molar-refractivity contribution in [3.8, 4) is 11.5 Å². The molecular weight excluding hydrogens is 369 g/mol. The number of rotatable bonds is 4. The number of nitro benzene ring substituents is 1. The third kappa shape index (κ3) is 3.23. The lowest BCUT2D eigenvalue weighted by molar-refractivity contribution is -0.384. The Labute approximate surface area is 133 Å². The van der Waals surface area contributed by atoms with Crippen LogP contribution in [-0.4, -0.2) is 4.92 Å². The number of hydrogen-bond donors (Lipinski definition) is 0. The monoisotopic (exact) mass is 375 g/mol. The van der Waals surface area contributed by atoms with Crippen molar-refractivity contribution in [2.45, 2.75) is 5.33 Å². The van der Waals surface area contributed by atoms with Crippen molar-refractivity contribution in [1.82, 2.24) is 0 Å². The second-order valence-electron chi connectivity index (χ2n) is 3.84. The zero-order chi connectivity index (χ0) is 14.7. The molecule has 0 unspecified atom stereocenters. The van der Waals surface area contributed by atoms with Crippen molar-refractivity contribution in [3.05, 3.63) is 62.1 Å². The summed E-state index contributed by atoms with van der Waals surface area (Å²) in [6.07, 6.45) is 0. The molecule has 0 atom stereocenters. The fraction of sp³-hybridized carbons (Fsp3) is 0.0769. The number of hydrogen-bond acceptors (Lipinski definition) is 3. The largest absolute Gasteiger partial charge is 0.454 e. The Bertz CT molecular complexity index is 641. The minimum atomic E-state index is -0.562. The predicted octanol–water partition coefficient (Wildman–Crippen LogP) is 5.59. The van der Waals surface area contributed by atoms with E-state index >= 15 is 0 Å². The van der Waals surface area contributed by atoms with E-state index in [1.165, 1.54) is 12.1 Å². The van der Waals surface area contributed by atoms with Crippen LogP contribution >= 0.6 is 39.1 Å². The van der Waals surface area contributed by atoms with Crippen molar-refractivity contribution in [3.63, 3.8) is 0 Å². The van der Waals surface area contributed by atoms with Crippen LogP contribution in [0.1, 0.15) is 5.56 Å². The number of ether oxygens (including phenoxy) is 1. The van der Waals surface area contributed by atoms with Gasteiger partial charge in [0.15, 0.2) is 5.75 Å². The fourth-order valence-electron chi connectivity index (χ4n) is 1.57. The predicted molar refractivity (Wildman–Crippen MR) is 82.3 cm³/mol. The maximum Gasteiger partial charge on any atom is 0.272 e. The fourth-order valence-corrected chi connectivity index (χ4v) is 2.59. The Morgan fingerprint density at radius 2 is 1.80 bits per heavy atom.